The topological polar surface area (TPSA) is 252 Å². The maximum atomic E-state index is 13.0. The van der Waals surface area contributed by atoms with Crippen LogP contribution >= 0.6 is 11.8 Å². The molecule has 0 spiro atoms. The van der Waals surface area contributed by atoms with Crippen LogP contribution in [-0.2, 0) is 24.0 Å². The van der Waals surface area contributed by atoms with E-state index < -0.39 is 60.2 Å². The van der Waals surface area contributed by atoms with Crippen molar-refractivity contribution in [2.45, 2.75) is 70.1 Å². The van der Waals surface area contributed by atoms with Gasteiger partial charge in [-0.3, -0.25) is 24.2 Å². The van der Waals surface area contributed by atoms with Crippen LogP contribution in [-0.4, -0.2) is 88.6 Å². The third-order valence-electron chi connectivity index (χ3n) is 4.88. The second-order valence-corrected chi connectivity index (χ2v) is 9.57. The number of hydrogen-bond acceptors (Lipinski definition) is 8. The minimum atomic E-state index is -1.70. The van der Waals surface area contributed by atoms with Crippen molar-refractivity contribution in [1.82, 2.24) is 16.0 Å². The number of thioether (sulfide) groups is 1. The molecule has 0 aromatic rings. The molecule has 0 bridgehead atoms. The van der Waals surface area contributed by atoms with E-state index in [1.54, 1.807) is 0 Å². The zero-order chi connectivity index (χ0) is 27.8. The van der Waals surface area contributed by atoms with Gasteiger partial charge in [-0.25, -0.2) is 4.79 Å². The summed E-state index contributed by atoms with van der Waals surface area (Å²) in [7, 11) is 0. The summed E-state index contributed by atoms with van der Waals surface area (Å²) in [6.45, 7) is 3.95. The van der Waals surface area contributed by atoms with E-state index in [-0.39, 0.29) is 37.7 Å². The molecule has 0 aliphatic rings. The Hall–Kier alpha value is -3.07. The Morgan fingerprint density at radius 3 is 1.89 bits per heavy atom. The maximum Gasteiger partial charge on any atom is 0.326 e. The standard InChI is InChI=1S/C21H39N7O7S/c1-11(2)9-12(22)17(31)26-14(6-8-36-3)19(33)27-13(5-4-7-25-21(23)24)18(32)28-15(20(34)35)10-16(29)30/h11-15H,4-10,22H2,1-3H3,(H,26,31)(H,27,33)(H,28,32)(H,29,30)(H,34,35)(H4,23,24,25). The van der Waals surface area contributed by atoms with Gasteiger partial charge in [-0.15, -0.1) is 0 Å². The summed E-state index contributed by atoms with van der Waals surface area (Å²) < 4.78 is 0. The van der Waals surface area contributed by atoms with E-state index in [0.29, 0.717) is 12.2 Å². The van der Waals surface area contributed by atoms with Crippen molar-refractivity contribution in [3.63, 3.8) is 0 Å². The van der Waals surface area contributed by atoms with E-state index in [0.717, 1.165) is 0 Å². The Morgan fingerprint density at radius 2 is 1.42 bits per heavy atom. The third kappa shape index (κ3) is 14.4. The summed E-state index contributed by atoms with van der Waals surface area (Å²) >= 11 is 1.45. The monoisotopic (exact) mass is 533 g/mol. The Bertz CT molecular complexity index is 791. The first-order chi connectivity index (χ1) is 16.8. The lowest BCUT2D eigenvalue weighted by atomic mass is 10.0. The highest BCUT2D eigenvalue weighted by Crippen LogP contribution is 2.07. The van der Waals surface area contributed by atoms with Gasteiger partial charge < -0.3 is 43.4 Å². The van der Waals surface area contributed by atoms with Gasteiger partial charge in [-0.1, -0.05) is 13.8 Å². The van der Waals surface area contributed by atoms with E-state index in [9.17, 15) is 29.1 Å². The van der Waals surface area contributed by atoms with Gasteiger partial charge in [-0.05, 0) is 43.6 Å². The molecule has 206 valence electrons. The summed E-state index contributed by atoms with van der Waals surface area (Å²) in [5, 5.41) is 25.4. The Labute approximate surface area is 214 Å². The molecule has 0 heterocycles. The van der Waals surface area contributed by atoms with Crippen LogP contribution in [0.15, 0.2) is 4.99 Å². The number of carbonyl (C=O) groups is 5. The largest absolute Gasteiger partial charge is 0.481 e. The van der Waals surface area contributed by atoms with Gasteiger partial charge in [-0.2, -0.15) is 11.8 Å². The van der Waals surface area contributed by atoms with Crippen LogP contribution in [0.3, 0.4) is 0 Å². The SMILES string of the molecule is CSCCC(NC(=O)C(N)CC(C)C)C(=O)NC(CCCN=C(N)N)C(=O)NC(CC(=O)O)C(=O)O. The molecular weight excluding hydrogens is 494 g/mol. The number of aliphatic carboxylic acids is 2. The summed E-state index contributed by atoms with van der Waals surface area (Å²) in [5.41, 5.74) is 16.5. The number of nitrogens with two attached hydrogens (primary N) is 3. The molecule has 0 saturated heterocycles. The van der Waals surface area contributed by atoms with Gasteiger partial charge in [0.25, 0.3) is 0 Å². The lowest BCUT2D eigenvalue weighted by Gasteiger charge is -2.25. The van der Waals surface area contributed by atoms with Crippen LogP contribution in [0, 0.1) is 5.92 Å². The van der Waals surface area contributed by atoms with Crippen molar-refractivity contribution in [1.29, 1.82) is 0 Å². The Morgan fingerprint density at radius 1 is 0.889 bits per heavy atom. The van der Waals surface area contributed by atoms with Gasteiger partial charge in [0.1, 0.15) is 18.1 Å². The molecule has 0 radical (unpaired) electrons. The number of amides is 3. The fraction of sp³-hybridized carbons (Fsp3) is 0.714. The van der Waals surface area contributed by atoms with Gasteiger partial charge in [0.05, 0.1) is 12.5 Å². The number of carboxylic acids is 2. The zero-order valence-electron chi connectivity index (χ0n) is 20.9. The quantitative estimate of drug-likeness (QED) is 0.0553. The van der Waals surface area contributed by atoms with E-state index in [1.807, 2.05) is 20.1 Å². The number of hydrogen-bond donors (Lipinski definition) is 8. The van der Waals surface area contributed by atoms with E-state index in [2.05, 4.69) is 20.9 Å². The highest BCUT2D eigenvalue weighted by atomic mass is 32.2. The Kier molecular flexibility index (Phi) is 15.9. The van der Waals surface area contributed by atoms with Gasteiger partial charge in [0, 0.05) is 6.54 Å². The minimum absolute atomic E-state index is 0.0177. The lowest BCUT2D eigenvalue weighted by Crippen LogP contribution is -2.57. The smallest absolute Gasteiger partial charge is 0.326 e. The van der Waals surface area contributed by atoms with Gasteiger partial charge >= 0.3 is 11.9 Å². The molecule has 0 aliphatic heterocycles. The van der Waals surface area contributed by atoms with Crippen LogP contribution in [0.5, 0.6) is 0 Å². The first-order valence-corrected chi connectivity index (χ1v) is 12.8. The molecular formula is C21H39N7O7S. The molecule has 14 nitrogen and oxygen atoms in total. The molecule has 0 fully saturated rings. The van der Waals surface area contributed by atoms with Crippen molar-refractivity contribution < 1.29 is 34.2 Å². The first kappa shape index (κ1) is 32.9. The van der Waals surface area contributed by atoms with E-state index in [1.165, 1.54) is 11.8 Å². The lowest BCUT2D eigenvalue weighted by molar-refractivity contribution is -0.147. The average Bonchev–Trinajstić information content (AvgIpc) is 2.76. The van der Waals surface area contributed by atoms with Crippen molar-refractivity contribution in [3.8, 4) is 0 Å². The number of nitrogens with zero attached hydrogens (tertiary/aromatic N) is 1. The van der Waals surface area contributed by atoms with E-state index >= 15 is 0 Å². The molecule has 4 atom stereocenters. The second kappa shape index (κ2) is 17.4. The van der Waals surface area contributed by atoms with Crippen LogP contribution in [0.2, 0.25) is 0 Å². The number of guanidine groups is 1. The van der Waals surface area contributed by atoms with Crippen molar-refractivity contribution in [2.24, 2.45) is 28.1 Å². The molecule has 0 rings (SSSR count). The fourth-order valence-corrected chi connectivity index (χ4v) is 3.56. The van der Waals surface area contributed by atoms with Crippen LogP contribution in [0.1, 0.15) is 46.0 Å². The van der Waals surface area contributed by atoms with Crippen LogP contribution in [0.25, 0.3) is 0 Å². The van der Waals surface area contributed by atoms with Gasteiger partial charge in [0.15, 0.2) is 5.96 Å². The fourth-order valence-electron chi connectivity index (χ4n) is 3.09. The number of carboxylic acid groups (broad SMARTS) is 2. The molecule has 3 amide bonds. The van der Waals surface area contributed by atoms with Crippen LogP contribution < -0.4 is 33.2 Å². The molecule has 0 aromatic heterocycles. The molecule has 36 heavy (non-hydrogen) atoms. The molecule has 0 saturated carbocycles. The normalized spacial score (nSPS) is 14.1. The summed E-state index contributed by atoms with van der Waals surface area (Å²) in [6, 6.07) is -4.75. The highest BCUT2D eigenvalue weighted by Gasteiger charge is 2.31. The van der Waals surface area contributed by atoms with Crippen molar-refractivity contribution in [2.75, 3.05) is 18.6 Å². The number of aliphatic imine (C=N–C) groups is 1. The number of nitrogens with one attached hydrogen (secondary N) is 3. The number of carbonyl (C=O) groups excluding carboxylic acids is 3. The molecule has 4 unspecified atom stereocenters. The van der Waals surface area contributed by atoms with Gasteiger partial charge in [0.2, 0.25) is 17.7 Å². The number of rotatable bonds is 18. The highest BCUT2D eigenvalue weighted by molar-refractivity contribution is 7.98. The third-order valence-corrected chi connectivity index (χ3v) is 5.52. The molecule has 15 heteroatoms. The zero-order valence-corrected chi connectivity index (χ0v) is 21.7. The maximum absolute atomic E-state index is 13.0. The Balaban J connectivity index is 5.61. The second-order valence-electron chi connectivity index (χ2n) is 8.59. The van der Waals surface area contributed by atoms with Crippen molar-refractivity contribution in [3.05, 3.63) is 0 Å². The predicted octanol–water partition coefficient (Wildman–Crippen LogP) is -1.82. The summed E-state index contributed by atoms with van der Waals surface area (Å²) in [4.78, 5) is 64.5. The molecule has 0 aromatic carbocycles. The summed E-state index contributed by atoms with van der Waals surface area (Å²) in [6.07, 6.45) is 1.91. The molecule has 11 N–H and O–H groups in total. The first-order valence-electron chi connectivity index (χ1n) is 11.4. The summed E-state index contributed by atoms with van der Waals surface area (Å²) in [5.74, 6) is -4.51. The van der Waals surface area contributed by atoms with Crippen molar-refractivity contribution >= 4 is 47.4 Å². The van der Waals surface area contributed by atoms with Crippen LogP contribution in [0.4, 0.5) is 0 Å². The minimum Gasteiger partial charge on any atom is -0.481 e. The predicted molar refractivity (Wildman–Crippen MR) is 136 cm³/mol. The average molecular weight is 534 g/mol. The van der Waals surface area contributed by atoms with E-state index in [4.69, 9.17) is 22.3 Å². The molecule has 0 aliphatic carbocycles.